The quantitative estimate of drug-likeness (QED) is 0.810. The molecule has 1 heterocycles. The molecule has 0 saturated carbocycles. The molecule has 1 aliphatic rings. The molecule has 0 fully saturated rings. The lowest BCUT2D eigenvalue weighted by molar-refractivity contribution is 0.334. The predicted molar refractivity (Wildman–Crippen MR) is 96.2 cm³/mol. The molecule has 114 valence electrons. The zero-order valence-electron chi connectivity index (χ0n) is 13.0. The molecule has 0 spiro atoms. The summed E-state index contributed by atoms with van der Waals surface area (Å²) in [5.41, 5.74) is 2.67. The minimum Gasteiger partial charge on any atom is -0.340 e. The lowest BCUT2D eigenvalue weighted by Crippen LogP contribution is -2.33. The molecular formula is C19H22N2S. The molecule has 2 nitrogen and oxygen atoms in total. The third-order valence-electron chi connectivity index (χ3n) is 3.97. The second-order valence-electron chi connectivity index (χ2n) is 5.57. The molecule has 0 aromatic heterocycles. The lowest BCUT2D eigenvalue weighted by Gasteiger charge is -2.33. The smallest absolute Gasteiger partial charge is 0.159 e. The number of rotatable bonds is 4. The van der Waals surface area contributed by atoms with Crippen molar-refractivity contribution in [2.24, 2.45) is 4.99 Å². The summed E-state index contributed by atoms with van der Waals surface area (Å²) < 4.78 is 0. The average molecular weight is 310 g/mol. The number of hydrogen-bond acceptors (Lipinski definition) is 3. The van der Waals surface area contributed by atoms with Gasteiger partial charge in [0.2, 0.25) is 0 Å². The fourth-order valence-electron chi connectivity index (χ4n) is 2.68. The minimum absolute atomic E-state index is 0.325. The number of benzene rings is 2. The van der Waals surface area contributed by atoms with Crippen molar-refractivity contribution in [3.05, 3.63) is 71.8 Å². The van der Waals surface area contributed by atoms with Crippen molar-refractivity contribution in [1.29, 1.82) is 0 Å². The first-order chi connectivity index (χ1) is 10.8. The zero-order chi connectivity index (χ0) is 15.2. The molecule has 22 heavy (non-hydrogen) atoms. The summed E-state index contributed by atoms with van der Waals surface area (Å²) in [6.07, 6.45) is 1.19. The van der Waals surface area contributed by atoms with E-state index in [-0.39, 0.29) is 0 Å². The topological polar surface area (TPSA) is 15.6 Å². The van der Waals surface area contributed by atoms with Crippen LogP contribution < -0.4 is 0 Å². The summed E-state index contributed by atoms with van der Waals surface area (Å²) in [4.78, 5) is 7.22. The highest BCUT2D eigenvalue weighted by atomic mass is 32.2. The minimum atomic E-state index is 0.325. The molecule has 1 atom stereocenters. The Morgan fingerprint density at radius 1 is 1.05 bits per heavy atom. The summed E-state index contributed by atoms with van der Waals surface area (Å²) in [6.45, 7) is 4.13. The molecule has 0 aliphatic carbocycles. The standard InChI is InChI=1S/C19H22N2S/c1-16(18-11-6-3-7-12-18)21(19-20-13-8-14-22-19)15-17-9-4-2-5-10-17/h2-7,9-12,16H,8,13-15H2,1H3. The van der Waals surface area contributed by atoms with Crippen LogP contribution in [0.15, 0.2) is 65.7 Å². The van der Waals surface area contributed by atoms with Crippen LogP contribution in [0.2, 0.25) is 0 Å². The molecular weight excluding hydrogens is 288 g/mol. The maximum atomic E-state index is 4.78. The largest absolute Gasteiger partial charge is 0.340 e. The Morgan fingerprint density at radius 2 is 1.73 bits per heavy atom. The van der Waals surface area contributed by atoms with Crippen LogP contribution in [0, 0.1) is 0 Å². The van der Waals surface area contributed by atoms with E-state index in [1.54, 1.807) is 0 Å². The fraction of sp³-hybridized carbons (Fsp3) is 0.316. The molecule has 2 aromatic carbocycles. The van der Waals surface area contributed by atoms with Crippen LogP contribution in [0.3, 0.4) is 0 Å². The van der Waals surface area contributed by atoms with Gasteiger partial charge in [0.1, 0.15) is 0 Å². The third-order valence-corrected chi connectivity index (χ3v) is 5.09. The van der Waals surface area contributed by atoms with E-state index < -0.39 is 0 Å². The first-order valence-electron chi connectivity index (χ1n) is 7.87. The summed E-state index contributed by atoms with van der Waals surface area (Å²) in [5.74, 6) is 1.17. The summed E-state index contributed by atoms with van der Waals surface area (Å²) in [7, 11) is 0. The molecule has 0 bridgehead atoms. The monoisotopic (exact) mass is 310 g/mol. The van der Waals surface area contributed by atoms with E-state index in [0.29, 0.717) is 6.04 Å². The number of thioether (sulfide) groups is 1. The summed E-state index contributed by atoms with van der Waals surface area (Å²) >= 11 is 1.89. The van der Waals surface area contributed by atoms with E-state index in [1.165, 1.54) is 28.5 Å². The van der Waals surface area contributed by atoms with Crippen LogP contribution in [0.1, 0.15) is 30.5 Å². The van der Waals surface area contributed by atoms with Gasteiger partial charge in [-0.05, 0) is 24.5 Å². The maximum Gasteiger partial charge on any atom is 0.159 e. The lowest BCUT2D eigenvalue weighted by atomic mass is 10.1. The van der Waals surface area contributed by atoms with E-state index in [2.05, 4.69) is 72.5 Å². The van der Waals surface area contributed by atoms with Crippen LogP contribution in [0.25, 0.3) is 0 Å². The second kappa shape index (κ2) is 7.50. The fourth-order valence-corrected chi connectivity index (χ4v) is 3.71. The second-order valence-corrected chi connectivity index (χ2v) is 6.63. The Kier molecular flexibility index (Phi) is 5.17. The number of nitrogens with zero attached hydrogens (tertiary/aromatic N) is 2. The summed E-state index contributed by atoms with van der Waals surface area (Å²) in [5, 5.41) is 1.19. The van der Waals surface area contributed by atoms with E-state index in [9.17, 15) is 0 Å². The van der Waals surface area contributed by atoms with E-state index in [0.717, 1.165) is 13.1 Å². The molecule has 1 unspecified atom stereocenters. The van der Waals surface area contributed by atoms with E-state index >= 15 is 0 Å². The molecule has 0 amide bonds. The normalized spacial score (nSPS) is 16.0. The van der Waals surface area contributed by atoms with Gasteiger partial charge < -0.3 is 4.90 Å². The van der Waals surface area contributed by atoms with Crippen LogP contribution >= 0.6 is 11.8 Å². The molecule has 0 N–H and O–H groups in total. The van der Waals surface area contributed by atoms with Gasteiger partial charge in [0, 0.05) is 18.8 Å². The third kappa shape index (κ3) is 3.72. The number of amidine groups is 1. The van der Waals surface area contributed by atoms with E-state index in [1.807, 2.05) is 11.8 Å². The number of aliphatic imine (C=N–C) groups is 1. The molecule has 3 heteroatoms. The van der Waals surface area contributed by atoms with Crippen molar-refractivity contribution in [3.63, 3.8) is 0 Å². The summed E-state index contributed by atoms with van der Waals surface area (Å²) in [6, 6.07) is 21.7. The Hall–Kier alpha value is -1.74. The van der Waals surface area contributed by atoms with Gasteiger partial charge in [-0.15, -0.1) is 0 Å². The number of hydrogen-bond donors (Lipinski definition) is 0. The molecule has 3 rings (SSSR count). The molecule has 0 saturated heterocycles. The highest BCUT2D eigenvalue weighted by Crippen LogP contribution is 2.28. The Bertz CT molecular complexity index is 610. The van der Waals surface area contributed by atoms with Crippen LogP contribution in [-0.4, -0.2) is 22.4 Å². The van der Waals surface area contributed by atoms with Gasteiger partial charge in [-0.25, -0.2) is 0 Å². The SMILES string of the molecule is CC(c1ccccc1)N(Cc1ccccc1)C1=NCCCS1. The Morgan fingerprint density at radius 3 is 2.36 bits per heavy atom. The van der Waals surface area contributed by atoms with Gasteiger partial charge in [-0.3, -0.25) is 4.99 Å². The van der Waals surface area contributed by atoms with Gasteiger partial charge in [-0.1, -0.05) is 72.4 Å². The first kappa shape index (κ1) is 15.2. The van der Waals surface area contributed by atoms with E-state index in [4.69, 9.17) is 4.99 Å². The van der Waals surface area contributed by atoms with Crippen molar-refractivity contribution in [2.75, 3.05) is 12.3 Å². The Labute approximate surface area is 137 Å². The first-order valence-corrected chi connectivity index (χ1v) is 8.86. The van der Waals surface area contributed by atoms with Gasteiger partial charge in [0.05, 0.1) is 6.04 Å². The van der Waals surface area contributed by atoms with Gasteiger partial charge in [-0.2, -0.15) is 0 Å². The van der Waals surface area contributed by atoms with Crippen molar-refractivity contribution in [2.45, 2.75) is 25.9 Å². The van der Waals surface area contributed by atoms with Crippen molar-refractivity contribution >= 4 is 16.9 Å². The maximum absolute atomic E-state index is 4.78. The molecule has 2 aromatic rings. The highest BCUT2D eigenvalue weighted by Gasteiger charge is 2.21. The molecule has 1 aliphatic heterocycles. The Balaban J connectivity index is 1.87. The molecule has 0 radical (unpaired) electrons. The van der Waals surface area contributed by atoms with Crippen molar-refractivity contribution in [1.82, 2.24) is 4.90 Å². The van der Waals surface area contributed by atoms with Gasteiger partial charge in [0.25, 0.3) is 0 Å². The highest BCUT2D eigenvalue weighted by molar-refractivity contribution is 8.13. The zero-order valence-corrected chi connectivity index (χ0v) is 13.8. The van der Waals surface area contributed by atoms with Crippen LogP contribution in [0.4, 0.5) is 0 Å². The van der Waals surface area contributed by atoms with Gasteiger partial charge >= 0.3 is 0 Å². The van der Waals surface area contributed by atoms with Gasteiger partial charge in [0.15, 0.2) is 5.17 Å². The van der Waals surface area contributed by atoms with Crippen molar-refractivity contribution < 1.29 is 0 Å². The van der Waals surface area contributed by atoms with Crippen LogP contribution in [-0.2, 0) is 6.54 Å². The predicted octanol–water partition coefficient (Wildman–Crippen LogP) is 4.74. The van der Waals surface area contributed by atoms with Crippen LogP contribution in [0.5, 0.6) is 0 Å². The van der Waals surface area contributed by atoms with Crippen molar-refractivity contribution in [3.8, 4) is 0 Å². The average Bonchev–Trinajstić information content (AvgIpc) is 2.61.